The highest BCUT2D eigenvalue weighted by Gasteiger charge is 2.04. The Morgan fingerprint density at radius 2 is 1.73 bits per heavy atom. The van der Waals surface area contributed by atoms with Crippen molar-refractivity contribution in [3.05, 3.63) is 60.2 Å². The monoisotopic (exact) mass is 297 g/mol. The SMILES string of the molecule is Cc1ccccc1NC(=O)NCCCN(C)c1ccccc1. The summed E-state index contributed by atoms with van der Waals surface area (Å²) < 4.78 is 0. The number of urea groups is 1. The molecule has 0 aromatic heterocycles. The summed E-state index contributed by atoms with van der Waals surface area (Å²) >= 11 is 0. The van der Waals surface area contributed by atoms with Crippen LogP contribution in [0.2, 0.25) is 0 Å². The maximum atomic E-state index is 11.8. The van der Waals surface area contributed by atoms with Gasteiger partial charge in [0.2, 0.25) is 0 Å². The van der Waals surface area contributed by atoms with Crippen LogP contribution in [0.5, 0.6) is 0 Å². The largest absolute Gasteiger partial charge is 0.375 e. The molecule has 0 atom stereocenters. The highest BCUT2D eigenvalue weighted by molar-refractivity contribution is 5.89. The van der Waals surface area contributed by atoms with E-state index in [1.54, 1.807) is 0 Å². The summed E-state index contributed by atoms with van der Waals surface area (Å²) in [7, 11) is 2.06. The minimum atomic E-state index is -0.156. The van der Waals surface area contributed by atoms with Crippen LogP contribution in [0.1, 0.15) is 12.0 Å². The van der Waals surface area contributed by atoms with Gasteiger partial charge in [-0.25, -0.2) is 4.79 Å². The van der Waals surface area contributed by atoms with Crippen LogP contribution in [-0.2, 0) is 0 Å². The Morgan fingerprint density at radius 1 is 1.05 bits per heavy atom. The van der Waals surface area contributed by atoms with Gasteiger partial charge in [-0.15, -0.1) is 0 Å². The van der Waals surface area contributed by atoms with Crippen LogP contribution in [0.4, 0.5) is 16.2 Å². The third-order valence-electron chi connectivity index (χ3n) is 3.55. The number of hydrogen-bond acceptors (Lipinski definition) is 2. The number of aryl methyl sites for hydroxylation is 1. The highest BCUT2D eigenvalue weighted by Crippen LogP contribution is 2.13. The molecular weight excluding hydrogens is 274 g/mol. The van der Waals surface area contributed by atoms with Gasteiger partial charge in [0.15, 0.2) is 0 Å². The van der Waals surface area contributed by atoms with Gasteiger partial charge in [0.1, 0.15) is 0 Å². The fourth-order valence-electron chi connectivity index (χ4n) is 2.21. The van der Waals surface area contributed by atoms with Crippen LogP contribution in [-0.4, -0.2) is 26.2 Å². The summed E-state index contributed by atoms with van der Waals surface area (Å²) in [6.45, 7) is 3.52. The summed E-state index contributed by atoms with van der Waals surface area (Å²) in [4.78, 5) is 14.0. The first kappa shape index (κ1) is 15.9. The minimum absolute atomic E-state index is 0.156. The Bertz CT molecular complexity index is 598. The normalized spacial score (nSPS) is 10.1. The van der Waals surface area contributed by atoms with Gasteiger partial charge < -0.3 is 15.5 Å². The summed E-state index contributed by atoms with van der Waals surface area (Å²) in [5.41, 5.74) is 3.09. The molecule has 116 valence electrons. The van der Waals surface area contributed by atoms with E-state index in [-0.39, 0.29) is 6.03 Å². The third-order valence-corrected chi connectivity index (χ3v) is 3.55. The van der Waals surface area contributed by atoms with E-state index in [0.29, 0.717) is 6.54 Å². The van der Waals surface area contributed by atoms with Crippen molar-refractivity contribution in [2.24, 2.45) is 0 Å². The molecule has 2 amide bonds. The Morgan fingerprint density at radius 3 is 2.45 bits per heavy atom. The maximum Gasteiger partial charge on any atom is 0.319 e. The van der Waals surface area contributed by atoms with Crippen molar-refractivity contribution in [1.82, 2.24) is 5.32 Å². The van der Waals surface area contributed by atoms with Crippen molar-refractivity contribution in [3.63, 3.8) is 0 Å². The average Bonchev–Trinajstić information content (AvgIpc) is 2.54. The predicted octanol–water partition coefficient (Wildman–Crippen LogP) is 3.64. The van der Waals surface area contributed by atoms with Gasteiger partial charge in [0, 0.05) is 31.5 Å². The number of anilines is 2. The number of para-hydroxylation sites is 2. The predicted molar refractivity (Wildman–Crippen MR) is 92.5 cm³/mol. The molecule has 0 saturated heterocycles. The number of benzene rings is 2. The first-order chi connectivity index (χ1) is 10.7. The zero-order valence-electron chi connectivity index (χ0n) is 13.2. The third kappa shape index (κ3) is 4.81. The van der Waals surface area contributed by atoms with Crippen LogP contribution in [0.25, 0.3) is 0 Å². The first-order valence-corrected chi connectivity index (χ1v) is 7.53. The molecule has 4 heteroatoms. The number of nitrogens with zero attached hydrogens (tertiary/aromatic N) is 1. The van der Waals surface area contributed by atoms with Crippen LogP contribution in [0, 0.1) is 6.92 Å². The van der Waals surface area contributed by atoms with E-state index in [0.717, 1.165) is 24.2 Å². The number of amides is 2. The van der Waals surface area contributed by atoms with Gasteiger partial charge in [-0.1, -0.05) is 36.4 Å². The molecule has 2 N–H and O–H groups in total. The van der Waals surface area contributed by atoms with E-state index in [4.69, 9.17) is 0 Å². The second-order valence-electron chi connectivity index (χ2n) is 5.31. The molecule has 0 heterocycles. The van der Waals surface area contributed by atoms with Gasteiger partial charge >= 0.3 is 6.03 Å². The number of carbonyl (C=O) groups is 1. The Labute approximate surface area is 132 Å². The average molecular weight is 297 g/mol. The van der Waals surface area contributed by atoms with Crippen LogP contribution in [0.3, 0.4) is 0 Å². The molecule has 4 nitrogen and oxygen atoms in total. The topological polar surface area (TPSA) is 44.4 Å². The summed E-state index contributed by atoms with van der Waals surface area (Å²) in [5, 5.41) is 5.75. The lowest BCUT2D eigenvalue weighted by molar-refractivity contribution is 0.252. The quantitative estimate of drug-likeness (QED) is 0.799. The molecule has 22 heavy (non-hydrogen) atoms. The van der Waals surface area contributed by atoms with E-state index in [1.807, 2.05) is 49.4 Å². The second kappa shape index (κ2) is 8.08. The fourth-order valence-corrected chi connectivity index (χ4v) is 2.21. The second-order valence-corrected chi connectivity index (χ2v) is 5.31. The van der Waals surface area contributed by atoms with Crippen molar-refractivity contribution >= 4 is 17.4 Å². The molecule has 0 saturated carbocycles. The Balaban J connectivity index is 1.68. The van der Waals surface area contributed by atoms with Gasteiger partial charge in [-0.2, -0.15) is 0 Å². The lowest BCUT2D eigenvalue weighted by atomic mass is 10.2. The van der Waals surface area contributed by atoms with Gasteiger partial charge in [0.05, 0.1) is 0 Å². The van der Waals surface area contributed by atoms with Crippen LogP contribution >= 0.6 is 0 Å². The molecule has 2 rings (SSSR count). The van der Waals surface area contributed by atoms with Crippen molar-refractivity contribution in [3.8, 4) is 0 Å². The molecule has 2 aromatic carbocycles. The smallest absolute Gasteiger partial charge is 0.319 e. The maximum absolute atomic E-state index is 11.8. The van der Waals surface area contributed by atoms with Crippen molar-refractivity contribution in [2.45, 2.75) is 13.3 Å². The molecule has 0 unspecified atom stereocenters. The highest BCUT2D eigenvalue weighted by atomic mass is 16.2. The zero-order valence-corrected chi connectivity index (χ0v) is 13.2. The van der Waals surface area contributed by atoms with Crippen LogP contribution < -0.4 is 15.5 Å². The summed E-state index contributed by atoms with van der Waals surface area (Å²) in [5.74, 6) is 0. The molecule has 0 spiro atoms. The van der Waals surface area contributed by atoms with Crippen molar-refractivity contribution in [1.29, 1.82) is 0 Å². The van der Waals surface area contributed by atoms with Crippen molar-refractivity contribution in [2.75, 3.05) is 30.4 Å². The number of carbonyl (C=O) groups excluding carboxylic acids is 1. The van der Waals surface area contributed by atoms with Gasteiger partial charge in [-0.05, 0) is 37.1 Å². The number of hydrogen-bond donors (Lipinski definition) is 2. The fraction of sp³-hybridized carbons (Fsp3) is 0.278. The number of nitrogens with one attached hydrogen (secondary N) is 2. The first-order valence-electron chi connectivity index (χ1n) is 7.53. The lowest BCUT2D eigenvalue weighted by Gasteiger charge is -2.19. The van der Waals surface area contributed by atoms with Crippen molar-refractivity contribution < 1.29 is 4.79 Å². The van der Waals surface area contributed by atoms with E-state index in [9.17, 15) is 4.79 Å². The minimum Gasteiger partial charge on any atom is -0.375 e. The molecule has 2 aromatic rings. The Kier molecular flexibility index (Phi) is 5.83. The van der Waals surface area contributed by atoms with E-state index in [2.05, 4.69) is 34.7 Å². The van der Waals surface area contributed by atoms with E-state index >= 15 is 0 Å². The molecular formula is C18H23N3O. The van der Waals surface area contributed by atoms with E-state index < -0.39 is 0 Å². The molecule has 0 aliphatic carbocycles. The summed E-state index contributed by atoms with van der Waals surface area (Å²) in [6, 6.07) is 17.8. The Hall–Kier alpha value is -2.49. The molecule has 0 radical (unpaired) electrons. The zero-order chi connectivity index (χ0) is 15.8. The number of rotatable bonds is 6. The summed E-state index contributed by atoms with van der Waals surface area (Å²) in [6.07, 6.45) is 0.895. The van der Waals surface area contributed by atoms with Gasteiger partial charge in [0.25, 0.3) is 0 Å². The van der Waals surface area contributed by atoms with Crippen LogP contribution in [0.15, 0.2) is 54.6 Å². The van der Waals surface area contributed by atoms with Gasteiger partial charge in [-0.3, -0.25) is 0 Å². The lowest BCUT2D eigenvalue weighted by Crippen LogP contribution is -2.31. The molecule has 0 bridgehead atoms. The molecule has 0 aliphatic heterocycles. The van der Waals surface area contributed by atoms with E-state index in [1.165, 1.54) is 5.69 Å². The molecule has 0 fully saturated rings. The standard InChI is InChI=1S/C18H23N3O/c1-15-9-6-7-12-17(15)20-18(22)19-13-8-14-21(2)16-10-4-3-5-11-16/h3-7,9-12H,8,13-14H2,1-2H3,(H2,19,20,22). The molecule has 0 aliphatic rings.